The van der Waals surface area contributed by atoms with Crippen molar-refractivity contribution in [2.24, 2.45) is 0 Å². The lowest BCUT2D eigenvalue weighted by molar-refractivity contribution is 0.0741. The molecule has 0 atom stereocenters. The van der Waals surface area contributed by atoms with Crippen LogP contribution in [0.25, 0.3) is 17.1 Å². The van der Waals surface area contributed by atoms with E-state index in [1.54, 1.807) is 18.9 Å². The second-order valence-corrected chi connectivity index (χ2v) is 11.6. The van der Waals surface area contributed by atoms with E-state index < -0.39 is 0 Å². The SMILES string of the molecule is COc1cccc(-c2nnc(SCc3nc(C(=O)N4CCN(c5ccccc5C)CC4)cs3)n2-c2ccccc2)c1. The number of carbonyl (C=O) groups is 1. The monoisotopic (exact) mass is 582 g/mol. The van der Waals surface area contributed by atoms with Gasteiger partial charge in [0.05, 0.1) is 12.9 Å². The highest BCUT2D eigenvalue weighted by molar-refractivity contribution is 7.98. The van der Waals surface area contributed by atoms with Gasteiger partial charge in [0.25, 0.3) is 5.91 Å². The maximum Gasteiger partial charge on any atom is 0.273 e. The van der Waals surface area contributed by atoms with Crippen LogP contribution in [0.3, 0.4) is 0 Å². The summed E-state index contributed by atoms with van der Waals surface area (Å²) in [6, 6.07) is 26.3. The number of thiazole rings is 1. The fourth-order valence-electron chi connectivity index (χ4n) is 4.95. The van der Waals surface area contributed by atoms with E-state index in [0.29, 0.717) is 24.5 Å². The average molecular weight is 583 g/mol. The molecule has 0 unspecified atom stereocenters. The number of rotatable bonds is 8. The topological polar surface area (TPSA) is 76.4 Å². The van der Waals surface area contributed by atoms with Gasteiger partial charge in [-0.05, 0) is 42.8 Å². The minimum Gasteiger partial charge on any atom is -0.497 e. The summed E-state index contributed by atoms with van der Waals surface area (Å²) in [5.74, 6) is 2.07. The molecular formula is C31H30N6O2S2. The molecule has 10 heteroatoms. The average Bonchev–Trinajstić information content (AvgIpc) is 3.68. The Morgan fingerprint density at radius 3 is 2.51 bits per heavy atom. The molecule has 1 fully saturated rings. The highest BCUT2D eigenvalue weighted by atomic mass is 32.2. The van der Waals surface area contributed by atoms with E-state index in [4.69, 9.17) is 9.72 Å². The molecule has 3 heterocycles. The molecule has 0 radical (unpaired) electrons. The first kappa shape index (κ1) is 27.0. The highest BCUT2D eigenvalue weighted by Crippen LogP contribution is 2.32. The van der Waals surface area contributed by atoms with E-state index in [1.807, 2.05) is 69.4 Å². The van der Waals surface area contributed by atoms with Crippen molar-refractivity contribution < 1.29 is 9.53 Å². The molecule has 1 aliphatic rings. The number of aryl methyl sites for hydroxylation is 1. The van der Waals surface area contributed by atoms with Crippen LogP contribution in [0.1, 0.15) is 21.1 Å². The summed E-state index contributed by atoms with van der Waals surface area (Å²) in [5.41, 5.74) is 4.89. The van der Waals surface area contributed by atoms with Crippen LogP contribution < -0.4 is 9.64 Å². The van der Waals surface area contributed by atoms with Crippen LogP contribution >= 0.6 is 23.1 Å². The number of amides is 1. The second-order valence-electron chi connectivity index (χ2n) is 9.69. The van der Waals surface area contributed by atoms with Gasteiger partial charge in [-0.15, -0.1) is 21.5 Å². The van der Waals surface area contributed by atoms with Crippen molar-refractivity contribution in [1.82, 2.24) is 24.6 Å². The van der Waals surface area contributed by atoms with Gasteiger partial charge in [0.1, 0.15) is 16.5 Å². The number of aromatic nitrogens is 4. The van der Waals surface area contributed by atoms with Crippen LogP contribution in [0, 0.1) is 6.92 Å². The van der Waals surface area contributed by atoms with E-state index in [-0.39, 0.29) is 5.91 Å². The van der Waals surface area contributed by atoms with Crippen molar-refractivity contribution in [3.05, 3.63) is 101 Å². The van der Waals surface area contributed by atoms with Crippen LogP contribution in [0.4, 0.5) is 5.69 Å². The molecule has 41 heavy (non-hydrogen) atoms. The molecule has 8 nitrogen and oxygen atoms in total. The Morgan fingerprint density at radius 1 is 0.951 bits per heavy atom. The van der Waals surface area contributed by atoms with Gasteiger partial charge >= 0.3 is 0 Å². The van der Waals surface area contributed by atoms with Crippen molar-refractivity contribution in [2.45, 2.75) is 17.8 Å². The lowest BCUT2D eigenvalue weighted by Crippen LogP contribution is -2.49. The normalized spacial score (nSPS) is 13.4. The molecule has 2 aromatic heterocycles. The first-order chi connectivity index (χ1) is 20.1. The zero-order valence-electron chi connectivity index (χ0n) is 22.9. The molecular weight excluding hydrogens is 553 g/mol. The van der Waals surface area contributed by atoms with Gasteiger partial charge in [0.15, 0.2) is 11.0 Å². The summed E-state index contributed by atoms with van der Waals surface area (Å²) in [4.78, 5) is 22.2. The van der Waals surface area contributed by atoms with E-state index >= 15 is 0 Å². The molecule has 0 N–H and O–H groups in total. The van der Waals surface area contributed by atoms with Crippen molar-refractivity contribution in [3.63, 3.8) is 0 Å². The van der Waals surface area contributed by atoms with Crippen LogP contribution in [-0.2, 0) is 5.75 Å². The number of ether oxygens (including phenoxy) is 1. The summed E-state index contributed by atoms with van der Waals surface area (Å²) in [6.45, 7) is 5.12. The quantitative estimate of drug-likeness (QED) is 0.209. The summed E-state index contributed by atoms with van der Waals surface area (Å²) in [6.07, 6.45) is 0. The standard InChI is InChI=1S/C31H30N6O2S2/c1-22-9-6-7-14-27(22)35-15-17-36(18-16-35)30(38)26-20-40-28(32-26)21-41-31-34-33-29(23-10-8-13-25(19-23)39-2)37(31)24-11-4-3-5-12-24/h3-14,19-20H,15-18,21H2,1-2H3. The van der Waals surface area contributed by atoms with E-state index in [9.17, 15) is 4.79 Å². The maximum absolute atomic E-state index is 13.3. The summed E-state index contributed by atoms with van der Waals surface area (Å²) in [7, 11) is 1.65. The van der Waals surface area contributed by atoms with Crippen LogP contribution in [-0.4, -0.2) is 63.8 Å². The van der Waals surface area contributed by atoms with Crippen molar-refractivity contribution in [1.29, 1.82) is 0 Å². The first-order valence-corrected chi connectivity index (χ1v) is 15.3. The molecule has 1 amide bonds. The van der Waals surface area contributed by atoms with E-state index in [0.717, 1.165) is 46.1 Å². The minimum atomic E-state index is -0.00491. The highest BCUT2D eigenvalue weighted by Gasteiger charge is 2.25. The summed E-state index contributed by atoms with van der Waals surface area (Å²) < 4.78 is 7.48. The lowest BCUT2D eigenvalue weighted by Gasteiger charge is -2.36. The second kappa shape index (κ2) is 12.2. The minimum absolute atomic E-state index is 0.00491. The van der Waals surface area contributed by atoms with Crippen molar-refractivity contribution in [2.75, 3.05) is 38.2 Å². The van der Waals surface area contributed by atoms with Gasteiger partial charge in [0.2, 0.25) is 0 Å². The predicted octanol–water partition coefficient (Wildman–Crippen LogP) is 5.96. The third kappa shape index (κ3) is 5.84. The number of nitrogens with zero attached hydrogens (tertiary/aromatic N) is 6. The summed E-state index contributed by atoms with van der Waals surface area (Å²) >= 11 is 3.06. The first-order valence-electron chi connectivity index (χ1n) is 13.4. The van der Waals surface area contributed by atoms with Gasteiger partial charge < -0.3 is 14.5 Å². The predicted molar refractivity (Wildman–Crippen MR) is 164 cm³/mol. The number of thioether (sulfide) groups is 1. The van der Waals surface area contributed by atoms with Crippen molar-refractivity contribution >= 4 is 34.7 Å². The number of anilines is 1. The third-order valence-corrected chi connectivity index (χ3v) is 9.07. The number of para-hydroxylation sites is 2. The molecule has 0 saturated carbocycles. The lowest BCUT2D eigenvalue weighted by atomic mass is 10.1. The Morgan fingerprint density at radius 2 is 1.73 bits per heavy atom. The Balaban J connectivity index is 1.15. The zero-order chi connectivity index (χ0) is 28.2. The fourth-order valence-corrected chi connectivity index (χ4v) is 6.69. The number of carbonyl (C=O) groups excluding carboxylic acids is 1. The van der Waals surface area contributed by atoms with Crippen LogP contribution in [0.2, 0.25) is 0 Å². The smallest absolute Gasteiger partial charge is 0.273 e. The number of benzene rings is 3. The molecule has 0 aliphatic carbocycles. The number of piperazine rings is 1. The molecule has 1 saturated heterocycles. The van der Waals surface area contributed by atoms with Gasteiger partial charge in [-0.2, -0.15) is 0 Å². The van der Waals surface area contributed by atoms with Gasteiger partial charge in [-0.3, -0.25) is 9.36 Å². The zero-order valence-corrected chi connectivity index (χ0v) is 24.6. The molecule has 1 aliphatic heterocycles. The molecule has 208 valence electrons. The van der Waals surface area contributed by atoms with E-state index in [2.05, 4.69) is 46.3 Å². The number of hydrogen-bond acceptors (Lipinski definition) is 8. The molecule has 5 aromatic rings. The molecule has 0 spiro atoms. The van der Waals surface area contributed by atoms with Gasteiger partial charge in [-0.25, -0.2) is 4.98 Å². The summed E-state index contributed by atoms with van der Waals surface area (Å²) in [5, 5.41) is 12.6. The van der Waals surface area contributed by atoms with Gasteiger partial charge in [-0.1, -0.05) is 60.3 Å². The van der Waals surface area contributed by atoms with E-state index in [1.165, 1.54) is 22.6 Å². The Kier molecular flexibility index (Phi) is 8.02. The molecule has 0 bridgehead atoms. The van der Waals surface area contributed by atoms with Crippen molar-refractivity contribution in [3.8, 4) is 22.8 Å². The van der Waals surface area contributed by atoms with Crippen LogP contribution in [0.15, 0.2) is 89.4 Å². The van der Waals surface area contributed by atoms with Crippen LogP contribution in [0.5, 0.6) is 5.75 Å². The Bertz CT molecular complexity index is 1640. The Hall–Kier alpha value is -4.15. The Labute approximate surface area is 247 Å². The molecule has 3 aromatic carbocycles. The third-order valence-electron chi connectivity index (χ3n) is 7.09. The number of hydrogen-bond donors (Lipinski definition) is 0. The van der Waals surface area contributed by atoms with Gasteiger partial charge in [0, 0.05) is 48.5 Å². The fraction of sp³-hybridized carbons (Fsp3) is 0.226. The maximum atomic E-state index is 13.3. The largest absolute Gasteiger partial charge is 0.497 e. The molecule has 6 rings (SSSR count). The number of methoxy groups -OCH3 is 1.